The lowest BCUT2D eigenvalue weighted by Crippen LogP contribution is -2.47. The van der Waals surface area contributed by atoms with E-state index in [9.17, 15) is 4.79 Å². The van der Waals surface area contributed by atoms with Crippen LogP contribution in [0.5, 0.6) is 5.75 Å². The summed E-state index contributed by atoms with van der Waals surface area (Å²) in [5.41, 5.74) is 3.22. The van der Waals surface area contributed by atoms with Crippen LogP contribution in [0.15, 0.2) is 48.5 Å². The number of carbonyl (C=O) groups is 1. The van der Waals surface area contributed by atoms with E-state index in [0.29, 0.717) is 24.7 Å². The molecule has 144 valence electrons. The van der Waals surface area contributed by atoms with Gasteiger partial charge in [0.25, 0.3) is 0 Å². The maximum Gasteiger partial charge on any atom is 0.234 e. The fraction of sp³-hybridized carbons (Fsp3) is 0.286. The van der Waals surface area contributed by atoms with Crippen molar-refractivity contribution in [1.82, 2.24) is 25.4 Å². The molecule has 1 atom stereocenters. The molecule has 2 heterocycles. The number of nitrogens with one attached hydrogen (secondary N) is 2. The van der Waals surface area contributed by atoms with Crippen LogP contribution in [-0.2, 0) is 11.4 Å². The third kappa shape index (κ3) is 3.89. The largest absolute Gasteiger partial charge is 0.486 e. The highest BCUT2D eigenvalue weighted by molar-refractivity contribution is 5.79. The van der Waals surface area contributed by atoms with E-state index in [2.05, 4.69) is 28.7 Å². The fourth-order valence-corrected chi connectivity index (χ4v) is 3.32. The molecule has 4 rings (SSSR count). The van der Waals surface area contributed by atoms with Crippen LogP contribution in [0, 0.1) is 13.8 Å². The molecule has 7 nitrogen and oxygen atoms in total. The molecule has 3 aromatic rings. The predicted octanol–water partition coefficient (Wildman–Crippen LogP) is 2.22. The van der Waals surface area contributed by atoms with Crippen molar-refractivity contribution in [1.29, 1.82) is 0 Å². The number of aryl methyl sites for hydroxylation is 2. The molecule has 7 heteroatoms. The molecule has 0 spiro atoms. The average molecular weight is 377 g/mol. The Labute approximate surface area is 163 Å². The molecule has 1 fully saturated rings. The van der Waals surface area contributed by atoms with E-state index in [1.54, 1.807) is 0 Å². The third-order valence-corrected chi connectivity index (χ3v) is 4.65. The Balaban J connectivity index is 1.68. The second-order valence-electron chi connectivity index (χ2n) is 6.94. The molecule has 2 aromatic carbocycles. The van der Waals surface area contributed by atoms with Crippen LogP contribution in [0.4, 0.5) is 0 Å². The summed E-state index contributed by atoms with van der Waals surface area (Å²) in [7, 11) is 0. The standard InChI is InChI=1S/C21H23N5O2/c1-14-8-9-18(15(2)10-14)26-21(17-11-22-12-20(27)23-17)24-19(25-26)13-28-16-6-4-3-5-7-16/h3-10,17,22H,11-13H2,1-2H3,(H,23,27)/t17-/m0/s1. The minimum atomic E-state index is -0.250. The number of benzene rings is 2. The Bertz CT molecular complexity index is 984. The lowest BCUT2D eigenvalue weighted by atomic mass is 10.1. The van der Waals surface area contributed by atoms with Gasteiger partial charge in [0.05, 0.1) is 12.2 Å². The number of aromatic nitrogens is 3. The number of para-hydroxylation sites is 1. The van der Waals surface area contributed by atoms with E-state index in [1.165, 1.54) is 5.56 Å². The van der Waals surface area contributed by atoms with E-state index >= 15 is 0 Å². The normalized spacial score (nSPS) is 16.6. The molecule has 28 heavy (non-hydrogen) atoms. The number of hydrogen-bond donors (Lipinski definition) is 2. The minimum absolute atomic E-state index is 0.0477. The number of carbonyl (C=O) groups excluding carboxylic acids is 1. The Hall–Kier alpha value is -3.19. The molecule has 1 saturated heterocycles. The number of nitrogens with zero attached hydrogens (tertiary/aromatic N) is 3. The predicted molar refractivity (Wildman–Crippen MR) is 105 cm³/mol. The summed E-state index contributed by atoms with van der Waals surface area (Å²) < 4.78 is 7.63. The zero-order valence-electron chi connectivity index (χ0n) is 16.0. The molecule has 1 aliphatic rings. The molecular formula is C21H23N5O2. The van der Waals surface area contributed by atoms with Gasteiger partial charge in [-0.25, -0.2) is 9.67 Å². The molecule has 1 amide bonds. The first kappa shape index (κ1) is 18.2. The number of rotatable bonds is 5. The van der Waals surface area contributed by atoms with Crippen molar-refractivity contribution in [2.45, 2.75) is 26.5 Å². The first-order chi connectivity index (χ1) is 13.6. The Kier molecular flexibility index (Phi) is 5.08. The van der Waals surface area contributed by atoms with E-state index in [0.717, 1.165) is 17.0 Å². The van der Waals surface area contributed by atoms with Gasteiger partial charge in [-0.05, 0) is 37.6 Å². The maximum absolute atomic E-state index is 11.9. The summed E-state index contributed by atoms with van der Waals surface area (Å²) in [4.78, 5) is 16.6. The van der Waals surface area contributed by atoms with Crippen LogP contribution in [-0.4, -0.2) is 33.8 Å². The van der Waals surface area contributed by atoms with Crippen LogP contribution >= 0.6 is 0 Å². The molecule has 0 saturated carbocycles. The SMILES string of the molecule is Cc1ccc(-n2nc(COc3ccccc3)nc2[C@@H]2CNCC(=O)N2)c(C)c1. The first-order valence-electron chi connectivity index (χ1n) is 9.31. The minimum Gasteiger partial charge on any atom is -0.486 e. The number of amides is 1. The summed E-state index contributed by atoms with van der Waals surface area (Å²) >= 11 is 0. The quantitative estimate of drug-likeness (QED) is 0.713. The summed E-state index contributed by atoms with van der Waals surface area (Å²) in [5.74, 6) is 1.98. The maximum atomic E-state index is 11.9. The Morgan fingerprint density at radius 3 is 2.75 bits per heavy atom. The highest BCUT2D eigenvalue weighted by Crippen LogP contribution is 2.22. The molecule has 0 aliphatic carbocycles. The highest BCUT2D eigenvalue weighted by Gasteiger charge is 2.26. The molecule has 0 radical (unpaired) electrons. The van der Waals surface area contributed by atoms with Gasteiger partial charge >= 0.3 is 0 Å². The Morgan fingerprint density at radius 1 is 1.18 bits per heavy atom. The van der Waals surface area contributed by atoms with Gasteiger partial charge in [-0.3, -0.25) is 4.79 Å². The van der Waals surface area contributed by atoms with Crippen LogP contribution in [0.25, 0.3) is 5.69 Å². The molecule has 0 unspecified atom stereocenters. The van der Waals surface area contributed by atoms with Gasteiger partial charge in [0.1, 0.15) is 18.4 Å². The lowest BCUT2D eigenvalue weighted by molar-refractivity contribution is -0.122. The van der Waals surface area contributed by atoms with Gasteiger partial charge in [-0.2, -0.15) is 0 Å². The van der Waals surface area contributed by atoms with Crippen molar-refractivity contribution in [3.8, 4) is 11.4 Å². The van der Waals surface area contributed by atoms with Crippen molar-refractivity contribution in [3.05, 3.63) is 71.3 Å². The van der Waals surface area contributed by atoms with Gasteiger partial charge in [0, 0.05) is 6.54 Å². The van der Waals surface area contributed by atoms with Gasteiger partial charge in [-0.15, -0.1) is 5.10 Å². The molecule has 1 aliphatic heterocycles. The number of hydrogen-bond acceptors (Lipinski definition) is 5. The van der Waals surface area contributed by atoms with Crippen LogP contribution < -0.4 is 15.4 Å². The second-order valence-corrected chi connectivity index (χ2v) is 6.94. The van der Waals surface area contributed by atoms with Crippen molar-refractivity contribution < 1.29 is 9.53 Å². The van der Waals surface area contributed by atoms with Crippen molar-refractivity contribution in [3.63, 3.8) is 0 Å². The summed E-state index contributed by atoms with van der Waals surface area (Å²) in [6, 6.07) is 15.5. The van der Waals surface area contributed by atoms with Crippen LogP contribution in [0.1, 0.15) is 28.8 Å². The number of piperazine rings is 1. The first-order valence-corrected chi connectivity index (χ1v) is 9.31. The zero-order valence-corrected chi connectivity index (χ0v) is 16.0. The molecule has 0 bridgehead atoms. The van der Waals surface area contributed by atoms with Gasteiger partial charge < -0.3 is 15.4 Å². The van der Waals surface area contributed by atoms with Crippen LogP contribution in [0.3, 0.4) is 0 Å². The van der Waals surface area contributed by atoms with Crippen LogP contribution in [0.2, 0.25) is 0 Å². The number of ether oxygens (including phenoxy) is 1. The fourth-order valence-electron chi connectivity index (χ4n) is 3.32. The smallest absolute Gasteiger partial charge is 0.234 e. The summed E-state index contributed by atoms with van der Waals surface area (Å²) in [6.45, 7) is 5.28. The molecular weight excluding hydrogens is 354 g/mol. The third-order valence-electron chi connectivity index (χ3n) is 4.65. The van der Waals surface area contributed by atoms with E-state index in [1.807, 2.05) is 54.1 Å². The molecule has 2 N–H and O–H groups in total. The van der Waals surface area contributed by atoms with E-state index in [-0.39, 0.29) is 18.6 Å². The van der Waals surface area contributed by atoms with Crippen molar-refractivity contribution in [2.75, 3.05) is 13.1 Å². The van der Waals surface area contributed by atoms with E-state index < -0.39 is 0 Å². The summed E-state index contributed by atoms with van der Waals surface area (Å²) in [5, 5.41) is 10.8. The van der Waals surface area contributed by atoms with Gasteiger partial charge in [-0.1, -0.05) is 35.9 Å². The molecule has 1 aromatic heterocycles. The van der Waals surface area contributed by atoms with Gasteiger partial charge in [0.15, 0.2) is 11.6 Å². The van der Waals surface area contributed by atoms with E-state index in [4.69, 9.17) is 9.72 Å². The Morgan fingerprint density at radius 2 is 2.00 bits per heavy atom. The monoisotopic (exact) mass is 377 g/mol. The lowest BCUT2D eigenvalue weighted by Gasteiger charge is -2.24. The van der Waals surface area contributed by atoms with Gasteiger partial charge in [0.2, 0.25) is 5.91 Å². The van der Waals surface area contributed by atoms with Crippen molar-refractivity contribution in [2.24, 2.45) is 0 Å². The zero-order chi connectivity index (χ0) is 19.5. The average Bonchev–Trinajstić information content (AvgIpc) is 3.11. The van der Waals surface area contributed by atoms with Crippen molar-refractivity contribution >= 4 is 5.91 Å². The summed E-state index contributed by atoms with van der Waals surface area (Å²) in [6.07, 6.45) is 0. The highest BCUT2D eigenvalue weighted by atomic mass is 16.5. The second kappa shape index (κ2) is 7.82. The topological polar surface area (TPSA) is 81.1 Å².